The Balaban J connectivity index is 2.08. The van der Waals surface area contributed by atoms with Crippen LogP contribution in [0.2, 0.25) is 0 Å². The van der Waals surface area contributed by atoms with Crippen LogP contribution in [0.15, 0.2) is 22.6 Å². The lowest BCUT2D eigenvalue weighted by Crippen LogP contribution is -1.90. The van der Waals surface area contributed by atoms with E-state index in [2.05, 4.69) is 37.0 Å². The lowest BCUT2D eigenvalue weighted by Gasteiger charge is -2.04. The second-order valence-electron chi connectivity index (χ2n) is 5.38. The number of fused-ring (bicyclic) bond motifs is 1. The van der Waals surface area contributed by atoms with Crippen LogP contribution in [0.4, 0.5) is 0 Å². The maximum absolute atomic E-state index is 6.03. The molecule has 1 fully saturated rings. The zero-order valence-electron chi connectivity index (χ0n) is 10.6. The summed E-state index contributed by atoms with van der Waals surface area (Å²) in [5.41, 5.74) is 3.31. The monoisotopic (exact) mass is 229 g/mol. The third-order valence-electron chi connectivity index (χ3n) is 3.79. The summed E-state index contributed by atoms with van der Waals surface area (Å²) >= 11 is 0. The molecule has 0 bridgehead atoms. The van der Waals surface area contributed by atoms with Gasteiger partial charge < -0.3 is 4.42 Å². The van der Waals surface area contributed by atoms with Crippen LogP contribution >= 0.6 is 0 Å². The van der Waals surface area contributed by atoms with Gasteiger partial charge in [0, 0.05) is 5.92 Å². The van der Waals surface area contributed by atoms with Gasteiger partial charge in [0.1, 0.15) is 5.52 Å². The average Bonchev–Trinajstić information content (AvgIpc) is 2.96. The maximum atomic E-state index is 6.03. The Bertz CT molecular complexity index is 521. The van der Waals surface area contributed by atoms with Gasteiger partial charge in [-0.25, -0.2) is 4.98 Å². The highest BCUT2D eigenvalue weighted by molar-refractivity contribution is 5.77. The minimum Gasteiger partial charge on any atom is -0.440 e. The molecule has 0 amide bonds. The van der Waals surface area contributed by atoms with Gasteiger partial charge in [0.05, 0.1) is 0 Å². The van der Waals surface area contributed by atoms with Crippen LogP contribution in [0, 0.1) is 0 Å². The van der Waals surface area contributed by atoms with Gasteiger partial charge in [0.25, 0.3) is 0 Å². The molecule has 0 spiro atoms. The van der Waals surface area contributed by atoms with E-state index in [0.29, 0.717) is 11.8 Å². The van der Waals surface area contributed by atoms with Crippen LogP contribution < -0.4 is 0 Å². The van der Waals surface area contributed by atoms with Crippen molar-refractivity contribution in [2.24, 2.45) is 0 Å². The molecule has 0 unspecified atom stereocenters. The number of aromatic nitrogens is 1. The lowest BCUT2D eigenvalue weighted by molar-refractivity contribution is 0.471. The van der Waals surface area contributed by atoms with Gasteiger partial charge >= 0.3 is 0 Å². The molecule has 17 heavy (non-hydrogen) atoms. The van der Waals surface area contributed by atoms with Crippen molar-refractivity contribution in [3.63, 3.8) is 0 Å². The Kier molecular flexibility index (Phi) is 2.65. The first-order valence-corrected chi connectivity index (χ1v) is 6.65. The quantitative estimate of drug-likeness (QED) is 0.751. The summed E-state index contributed by atoms with van der Waals surface area (Å²) < 4.78 is 6.03. The summed E-state index contributed by atoms with van der Waals surface area (Å²) in [7, 11) is 0. The van der Waals surface area contributed by atoms with Gasteiger partial charge in [-0.3, -0.25) is 0 Å². The smallest absolute Gasteiger partial charge is 0.198 e. The van der Waals surface area contributed by atoms with Crippen LogP contribution in [0.25, 0.3) is 11.1 Å². The highest BCUT2D eigenvalue weighted by Crippen LogP contribution is 2.36. The summed E-state index contributed by atoms with van der Waals surface area (Å²) in [6.07, 6.45) is 5.12. The molecule has 2 heteroatoms. The van der Waals surface area contributed by atoms with E-state index in [1.807, 2.05) is 0 Å². The molecule has 0 saturated heterocycles. The second kappa shape index (κ2) is 4.17. The second-order valence-corrected chi connectivity index (χ2v) is 5.38. The van der Waals surface area contributed by atoms with Crippen molar-refractivity contribution in [3.8, 4) is 0 Å². The molecule has 1 aliphatic rings. The molecule has 90 valence electrons. The van der Waals surface area contributed by atoms with E-state index in [0.717, 1.165) is 17.0 Å². The minimum atomic E-state index is 0.489. The van der Waals surface area contributed by atoms with Gasteiger partial charge in [-0.1, -0.05) is 38.8 Å². The molecule has 1 aromatic carbocycles. The van der Waals surface area contributed by atoms with Gasteiger partial charge in [-0.15, -0.1) is 0 Å². The molecule has 0 N–H and O–H groups in total. The van der Waals surface area contributed by atoms with E-state index >= 15 is 0 Å². The van der Waals surface area contributed by atoms with E-state index < -0.39 is 0 Å². The van der Waals surface area contributed by atoms with Crippen LogP contribution in [0.1, 0.15) is 62.8 Å². The number of hydrogen-bond acceptors (Lipinski definition) is 2. The van der Waals surface area contributed by atoms with Crippen molar-refractivity contribution in [1.82, 2.24) is 4.98 Å². The van der Waals surface area contributed by atoms with Gasteiger partial charge in [-0.2, -0.15) is 0 Å². The molecule has 1 aliphatic carbocycles. The standard InChI is InChI=1S/C15H19NO/c1-10(2)12-8-5-9-13-14(12)17-15(16-13)11-6-3-4-7-11/h5,8-11H,3-4,6-7H2,1-2H3. The SMILES string of the molecule is CC(C)c1cccc2nc(C3CCCC3)oc12. The Labute approximate surface area is 102 Å². The Hall–Kier alpha value is -1.31. The van der Waals surface area contributed by atoms with Crippen molar-refractivity contribution >= 4 is 11.1 Å². The molecule has 1 saturated carbocycles. The topological polar surface area (TPSA) is 26.0 Å². The first kappa shape index (κ1) is 10.8. The van der Waals surface area contributed by atoms with Crippen LogP contribution in [-0.4, -0.2) is 4.98 Å². The molecular weight excluding hydrogens is 210 g/mol. The number of nitrogens with zero attached hydrogens (tertiary/aromatic N) is 1. The number of para-hydroxylation sites is 1. The van der Waals surface area contributed by atoms with E-state index in [1.165, 1.54) is 31.2 Å². The van der Waals surface area contributed by atoms with Crippen molar-refractivity contribution in [1.29, 1.82) is 0 Å². The van der Waals surface area contributed by atoms with Crippen molar-refractivity contribution in [2.45, 2.75) is 51.4 Å². The van der Waals surface area contributed by atoms with Crippen molar-refractivity contribution in [2.75, 3.05) is 0 Å². The fraction of sp³-hybridized carbons (Fsp3) is 0.533. The van der Waals surface area contributed by atoms with E-state index in [-0.39, 0.29) is 0 Å². The molecule has 1 aromatic heterocycles. The third-order valence-corrected chi connectivity index (χ3v) is 3.79. The summed E-state index contributed by atoms with van der Waals surface area (Å²) in [6, 6.07) is 6.29. The summed E-state index contributed by atoms with van der Waals surface area (Å²) in [6.45, 7) is 4.40. The fourth-order valence-electron chi connectivity index (χ4n) is 2.79. The Morgan fingerprint density at radius 2 is 2.00 bits per heavy atom. The minimum absolute atomic E-state index is 0.489. The molecule has 0 aliphatic heterocycles. The number of hydrogen-bond donors (Lipinski definition) is 0. The molecule has 1 heterocycles. The fourth-order valence-corrected chi connectivity index (χ4v) is 2.79. The third kappa shape index (κ3) is 1.86. The number of benzene rings is 1. The van der Waals surface area contributed by atoms with Gasteiger partial charge in [0.2, 0.25) is 0 Å². The first-order chi connectivity index (χ1) is 8.25. The van der Waals surface area contributed by atoms with E-state index in [4.69, 9.17) is 4.42 Å². The Morgan fingerprint density at radius 1 is 1.24 bits per heavy atom. The van der Waals surface area contributed by atoms with Gasteiger partial charge in [0.15, 0.2) is 11.5 Å². The van der Waals surface area contributed by atoms with Crippen LogP contribution in [0.3, 0.4) is 0 Å². The Morgan fingerprint density at radius 3 is 2.71 bits per heavy atom. The molecular formula is C15H19NO. The van der Waals surface area contributed by atoms with E-state index in [1.54, 1.807) is 0 Å². The zero-order chi connectivity index (χ0) is 11.8. The number of rotatable bonds is 2. The lowest BCUT2D eigenvalue weighted by atomic mass is 10.0. The predicted molar refractivity (Wildman–Crippen MR) is 69.3 cm³/mol. The van der Waals surface area contributed by atoms with Crippen molar-refractivity contribution in [3.05, 3.63) is 29.7 Å². The molecule has 3 rings (SSSR count). The zero-order valence-corrected chi connectivity index (χ0v) is 10.6. The predicted octanol–water partition coefficient (Wildman–Crippen LogP) is 4.61. The summed E-state index contributed by atoms with van der Waals surface area (Å²) in [5, 5.41) is 0. The van der Waals surface area contributed by atoms with Gasteiger partial charge in [-0.05, 0) is 30.4 Å². The highest BCUT2D eigenvalue weighted by Gasteiger charge is 2.23. The molecule has 0 radical (unpaired) electrons. The van der Waals surface area contributed by atoms with E-state index in [9.17, 15) is 0 Å². The summed E-state index contributed by atoms with van der Waals surface area (Å²) in [5.74, 6) is 2.01. The summed E-state index contributed by atoms with van der Waals surface area (Å²) in [4.78, 5) is 4.67. The normalized spacial score (nSPS) is 17.4. The highest BCUT2D eigenvalue weighted by atomic mass is 16.3. The molecule has 2 nitrogen and oxygen atoms in total. The molecule has 0 atom stereocenters. The molecule has 2 aromatic rings. The first-order valence-electron chi connectivity index (χ1n) is 6.65. The maximum Gasteiger partial charge on any atom is 0.198 e. The average molecular weight is 229 g/mol. The van der Waals surface area contributed by atoms with Crippen LogP contribution in [0.5, 0.6) is 0 Å². The van der Waals surface area contributed by atoms with Crippen LogP contribution in [-0.2, 0) is 0 Å². The largest absolute Gasteiger partial charge is 0.440 e. The van der Waals surface area contributed by atoms with Crippen molar-refractivity contribution < 1.29 is 4.42 Å². The number of oxazole rings is 1.